The van der Waals surface area contributed by atoms with Crippen LogP contribution >= 0.6 is 0 Å². The molecule has 1 amide bonds. The minimum atomic E-state index is 0.143. The van der Waals surface area contributed by atoms with Crippen LogP contribution in [0.1, 0.15) is 25.5 Å². The highest BCUT2D eigenvalue weighted by Gasteiger charge is 2.44. The van der Waals surface area contributed by atoms with Gasteiger partial charge in [0.2, 0.25) is 5.91 Å². The molecule has 2 aliphatic rings. The molecule has 0 aliphatic carbocycles. The average Bonchev–Trinajstić information content (AvgIpc) is 3.09. The first-order valence-corrected chi connectivity index (χ1v) is 7.80. The normalized spacial score (nSPS) is 25.3. The predicted molar refractivity (Wildman–Crippen MR) is 79.7 cm³/mol. The standard InChI is InChI=1S/C16H23N3O2/c1-2-21-12-16(20)19-10-7-14-15(19)6-9-18(14)11-13-5-3-4-8-17-13/h3-5,8,14-15H,2,6-7,9-12H2,1H3/t14-,15-/m1/s1. The molecule has 0 spiro atoms. The molecule has 0 radical (unpaired) electrons. The van der Waals surface area contributed by atoms with Crippen LogP contribution in [-0.4, -0.2) is 59.1 Å². The molecule has 2 atom stereocenters. The Morgan fingerprint density at radius 3 is 2.95 bits per heavy atom. The minimum Gasteiger partial charge on any atom is -0.372 e. The van der Waals surface area contributed by atoms with E-state index in [0.29, 0.717) is 18.7 Å². The number of pyridine rings is 1. The van der Waals surface area contributed by atoms with Gasteiger partial charge in [0.25, 0.3) is 0 Å². The van der Waals surface area contributed by atoms with Gasteiger partial charge in [-0.25, -0.2) is 0 Å². The molecule has 1 aromatic rings. The highest BCUT2D eigenvalue weighted by Crippen LogP contribution is 2.32. The zero-order valence-electron chi connectivity index (χ0n) is 12.6. The lowest BCUT2D eigenvalue weighted by molar-refractivity contribution is -0.136. The first-order valence-electron chi connectivity index (χ1n) is 7.80. The van der Waals surface area contributed by atoms with E-state index in [0.717, 1.165) is 38.2 Å². The van der Waals surface area contributed by atoms with E-state index < -0.39 is 0 Å². The Morgan fingerprint density at radius 1 is 1.33 bits per heavy atom. The highest BCUT2D eigenvalue weighted by molar-refractivity contribution is 5.78. The molecule has 2 saturated heterocycles. The lowest BCUT2D eigenvalue weighted by Gasteiger charge is -2.25. The third-order valence-corrected chi connectivity index (χ3v) is 4.53. The summed E-state index contributed by atoms with van der Waals surface area (Å²) in [5.41, 5.74) is 1.11. The number of amides is 1. The second-order valence-electron chi connectivity index (χ2n) is 5.73. The molecule has 0 bridgehead atoms. The summed E-state index contributed by atoms with van der Waals surface area (Å²) in [5, 5.41) is 0. The largest absolute Gasteiger partial charge is 0.372 e. The Labute approximate surface area is 125 Å². The lowest BCUT2D eigenvalue weighted by atomic mass is 10.1. The molecule has 21 heavy (non-hydrogen) atoms. The van der Waals surface area contributed by atoms with E-state index in [-0.39, 0.29) is 12.5 Å². The van der Waals surface area contributed by atoms with Gasteiger partial charge in [-0.1, -0.05) is 6.07 Å². The zero-order valence-corrected chi connectivity index (χ0v) is 12.6. The number of hydrogen-bond donors (Lipinski definition) is 0. The van der Waals surface area contributed by atoms with Crippen molar-refractivity contribution in [3.8, 4) is 0 Å². The summed E-state index contributed by atoms with van der Waals surface area (Å²) < 4.78 is 5.26. The van der Waals surface area contributed by atoms with E-state index in [9.17, 15) is 4.79 Å². The second kappa shape index (κ2) is 6.54. The van der Waals surface area contributed by atoms with Gasteiger partial charge >= 0.3 is 0 Å². The molecule has 5 heteroatoms. The van der Waals surface area contributed by atoms with Gasteiger partial charge in [-0.15, -0.1) is 0 Å². The van der Waals surface area contributed by atoms with E-state index in [4.69, 9.17) is 4.74 Å². The van der Waals surface area contributed by atoms with Crippen molar-refractivity contribution in [3.05, 3.63) is 30.1 Å². The van der Waals surface area contributed by atoms with Gasteiger partial charge in [-0.3, -0.25) is 14.7 Å². The Hall–Kier alpha value is -1.46. The average molecular weight is 289 g/mol. The minimum absolute atomic E-state index is 0.143. The first kappa shape index (κ1) is 14.5. The van der Waals surface area contributed by atoms with Gasteiger partial charge in [-0.2, -0.15) is 0 Å². The van der Waals surface area contributed by atoms with E-state index >= 15 is 0 Å². The van der Waals surface area contributed by atoms with E-state index in [2.05, 4.69) is 16.0 Å². The van der Waals surface area contributed by atoms with Crippen molar-refractivity contribution in [3.63, 3.8) is 0 Å². The van der Waals surface area contributed by atoms with Crippen LogP contribution in [0, 0.1) is 0 Å². The summed E-state index contributed by atoms with van der Waals surface area (Å²) in [6.45, 7) is 5.53. The Balaban J connectivity index is 1.60. The molecule has 3 rings (SSSR count). The third kappa shape index (κ3) is 3.09. The van der Waals surface area contributed by atoms with Crippen molar-refractivity contribution in [1.29, 1.82) is 0 Å². The third-order valence-electron chi connectivity index (χ3n) is 4.53. The zero-order chi connectivity index (χ0) is 14.7. The molecule has 0 aromatic carbocycles. The van der Waals surface area contributed by atoms with Gasteiger partial charge in [-0.05, 0) is 31.9 Å². The van der Waals surface area contributed by atoms with Gasteiger partial charge in [0.05, 0.1) is 5.69 Å². The molecular weight excluding hydrogens is 266 g/mol. The monoisotopic (exact) mass is 289 g/mol. The van der Waals surface area contributed by atoms with Gasteiger partial charge in [0, 0.05) is 44.5 Å². The second-order valence-corrected chi connectivity index (χ2v) is 5.73. The molecule has 5 nitrogen and oxygen atoms in total. The van der Waals surface area contributed by atoms with Crippen molar-refractivity contribution in [1.82, 2.24) is 14.8 Å². The fraction of sp³-hybridized carbons (Fsp3) is 0.625. The smallest absolute Gasteiger partial charge is 0.248 e. The molecule has 114 valence electrons. The Bertz CT molecular complexity index is 480. The molecule has 0 N–H and O–H groups in total. The number of nitrogens with zero attached hydrogens (tertiary/aromatic N) is 3. The van der Waals surface area contributed by atoms with Gasteiger partial charge < -0.3 is 9.64 Å². The summed E-state index contributed by atoms with van der Waals surface area (Å²) in [6.07, 6.45) is 3.97. The van der Waals surface area contributed by atoms with Crippen molar-refractivity contribution >= 4 is 5.91 Å². The number of carbonyl (C=O) groups is 1. The van der Waals surface area contributed by atoms with Crippen molar-refractivity contribution in [2.75, 3.05) is 26.3 Å². The topological polar surface area (TPSA) is 45.7 Å². The number of carbonyl (C=O) groups excluding carboxylic acids is 1. The van der Waals surface area contributed by atoms with Crippen LogP contribution in [0.5, 0.6) is 0 Å². The molecule has 2 fully saturated rings. The summed E-state index contributed by atoms with van der Waals surface area (Å²) in [6, 6.07) is 6.89. The SMILES string of the molecule is CCOCC(=O)N1CC[C@@H]2[C@H]1CCN2Cc1ccccn1. The fourth-order valence-electron chi connectivity index (χ4n) is 3.55. The number of ether oxygens (including phenoxy) is 1. The van der Waals surface area contributed by atoms with Crippen molar-refractivity contribution in [2.45, 2.75) is 38.4 Å². The maximum Gasteiger partial charge on any atom is 0.248 e. The van der Waals surface area contributed by atoms with Crippen molar-refractivity contribution in [2.24, 2.45) is 0 Å². The van der Waals surface area contributed by atoms with Crippen LogP contribution in [0.15, 0.2) is 24.4 Å². The number of fused-ring (bicyclic) bond motifs is 1. The number of aromatic nitrogens is 1. The maximum atomic E-state index is 12.2. The fourth-order valence-corrected chi connectivity index (χ4v) is 3.55. The molecule has 3 heterocycles. The van der Waals surface area contributed by atoms with Crippen LogP contribution < -0.4 is 0 Å². The van der Waals surface area contributed by atoms with E-state index in [1.54, 1.807) is 0 Å². The molecule has 2 aliphatic heterocycles. The van der Waals surface area contributed by atoms with Crippen LogP contribution in [-0.2, 0) is 16.1 Å². The lowest BCUT2D eigenvalue weighted by Crippen LogP contribution is -2.41. The molecular formula is C16H23N3O2. The van der Waals surface area contributed by atoms with Crippen LogP contribution in [0.2, 0.25) is 0 Å². The van der Waals surface area contributed by atoms with Gasteiger partial charge in [0.1, 0.15) is 6.61 Å². The quantitative estimate of drug-likeness (QED) is 0.819. The number of hydrogen-bond acceptors (Lipinski definition) is 4. The highest BCUT2D eigenvalue weighted by atomic mass is 16.5. The Kier molecular flexibility index (Phi) is 4.51. The summed E-state index contributed by atoms with van der Waals surface area (Å²) in [4.78, 5) is 21.1. The molecule has 1 aromatic heterocycles. The van der Waals surface area contributed by atoms with E-state index in [1.165, 1.54) is 0 Å². The number of likely N-dealkylation sites (tertiary alicyclic amines) is 2. The summed E-state index contributed by atoms with van der Waals surface area (Å²) in [5.74, 6) is 0.143. The number of rotatable bonds is 5. The van der Waals surface area contributed by atoms with Gasteiger partial charge in [0.15, 0.2) is 0 Å². The summed E-state index contributed by atoms with van der Waals surface area (Å²) in [7, 11) is 0. The Morgan fingerprint density at radius 2 is 2.19 bits per heavy atom. The van der Waals surface area contributed by atoms with Crippen LogP contribution in [0.4, 0.5) is 0 Å². The summed E-state index contributed by atoms with van der Waals surface area (Å²) >= 11 is 0. The molecule has 0 saturated carbocycles. The van der Waals surface area contributed by atoms with Crippen LogP contribution in [0.25, 0.3) is 0 Å². The van der Waals surface area contributed by atoms with Crippen LogP contribution in [0.3, 0.4) is 0 Å². The predicted octanol–water partition coefficient (Wildman–Crippen LogP) is 1.29. The molecule has 0 unspecified atom stereocenters. The van der Waals surface area contributed by atoms with Crippen molar-refractivity contribution < 1.29 is 9.53 Å². The first-order chi connectivity index (χ1) is 10.3. The van der Waals surface area contributed by atoms with E-state index in [1.807, 2.05) is 30.2 Å². The maximum absolute atomic E-state index is 12.2.